The van der Waals surface area contributed by atoms with Crippen molar-refractivity contribution in [2.24, 2.45) is 0 Å². The molecule has 0 aliphatic heterocycles. The topological polar surface area (TPSA) is 75.4 Å². The quantitative estimate of drug-likeness (QED) is 0.858. The molecule has 0 atom stereocenters. The molecular formula is C16H19FN2O3. The number of carbonyl (C=O) groups excluding carboxylic acids is 1. The molecule has 2 rings (SSSR count). The van der Waals surface area contributed by atoms with Gasteiger partial charge in [-0.1, -0.05) is 0 Å². The first-order valence-electron chi connectivity index (χ1n) is 7.02. The smallest absolute Gasteiger partial charge is 0.221 e. The number of rotatable bonds is 6. The number of aromatic nitrogens is 1. The normalized spacial score (nSPS) is 11.5. The predicted molar refractivity (Wildman–Crippen MR) is 79.5 cm³/mol. The van der Waals surface area contributed by atoms with Gasteiger partial charge in [0.1, 0.15) is 5.82 Å². The van der Waals surface area contributed by atoms with Crippen LogP contribution in [0.15, 0.2) is 34.9 Å². The highest BCUT2D eigenvalue weighted by atomic mass is 19.1. The maximum Gasteiger partial charge on any atom is 0.221 e. The Balaban J connectivity index is 1.92. The molecule has 0 radical (unpaired) electrons. The van der Waals surface area contributed by atoms with Crippen molar-refractivity contribution in [3.8, 4) is 11.3 Å². The third-order valence-corrected chi connectivity index (χ3v) is 3.12. The highest BCUT2D eigenvalue weighted by Crippen LogP contribution is 2.21. The molecule has 5 nitrogen and oxygen atoms in total. The first-order chi connectivity index (χ1) is 10.4. The fourth-order valence-electron chi connectivity index (χ4n) is 1.87. The zero-order valence-corrected chi connectivity index (χ0v) is 12.6. The van der Waals surface area contributed by atoms with Crippen LogP contribution in [0.2, 0.25) is 0 Å². The number of nitrogens with one attached hydrogen (secondary N) is 1. The van der Waals surface area contributed by atoms with Crippen LogP contribution in [-0.4, -0.2) is 28.1 Å². The summed E-state index contributed by atoms with van der Waals surface area (Å²) >= 11 is 0. The van der Waals surface area contributed by atoms with Crippen LogP contribution in [0.5, 0.6) is 0 Å². The molecular weight excluding hydrogens is 287 g/mol. The Morgan fingerprint density at radius 1 is 1.36 bits per heavy atom. The molecule has 0 aliphatic rings. The summed E-state index contributed by atoms with van der Waals surface area (Å²) in [5, 5.41) is 11.8. The summed E-state index contributed by atoms with van der Waals surface area (Å²) < 4.78 is 18.4. The van der Waals surface area contributed by atoms with E-state index in [1.165, 1.54) is 12.1 Å². The molecule has 1 amide bonds. The van der Waals surface area contributed by atoms with Crippen LogP contribution in [0.1, 0.15) is 26.2 Å². The number of aliphatic hydroxyl groups excluding tert-OH is 1. The monoisotopic (exact) mass is 306 g/mol. The Morgan fingerprint density at radius 2 is 2.05 bits per heavy atom. The predicted octanol–water partition coefficient (Wildman–Crippen LogP) is 2.30. The van der Waals surface area contributed by atoms with E-state index in [-0.39, 0.29) is 24.8 Å². The van der Waals surface area contributed by atoms with Gasteiger partial charge < -0.3 is 14.8 Å². The number of aliphatic hydroxyl groups is 1. The third kappa shape index (κ3) is 4.39. The van der Waals surface area contributed by atoms with Gasteiger partial charge in [-0.3, -0.25) is 4.79 Å². The molecule has 0 spiro atoms. The largest absolute Gasteiger partial charge is 0.441 e. The number of aryl methyl sites for hydroxylation is 1. The van der Waals surface area contributed by atoms with Gasteiger partial charge in [0.2, 0.25) is 5.91 Å². The van der Waals surface area contributed by atoms with Crippen molar-refractivity contribution in [2.45, 2.75) is 32.2 Å². The van der Waals surface area contributed by atoms with Gasteiger partial charge in [-0.2, -0.15) is 0 Å². The van der Waals surface area contributed by atoms with Crippen LogP contribution >= 0.6 is 0 Å². The highest BCUT2D eigenvalue weighted by molar-refractivity contribution is 5.76. The van der Waals surface area contributed by atoms with Crippen molar-refractivity contribution in [3.63, 3.8) is 0 Å². The summed E-state index contributed by atoms with van der Waals surface area (Å²) in [5.41, 5.74) is 0.0819. The van der Waals surface area contributed by atoms with E-state index < -0.39 is 5.54 Å². The van der Waals surface area contributed by atoms with Crippen LogP contribution in [0, 0.1) is 5.82 Å². The van der Waals surface area contributed by atoms with Crippen molar-refractivity contribution in [1.29, 1.82) is 0 Å². The Morgan fingerprint density at radius 3 is 2.68 bits per heavy atom. The lowest BCUT2D eigenvalue weighted by Crippen LogP contribution is -2.46. The number of oxazole rings is 1. The molecule has 1 heterocycles. The standard InChI is InChI=1S/C16H19FN2O3/c1-16(2,10-20)19-14(21)7-8-15-18-9-13(22-15)11-3-5-12(17)6-4-11/h3-6,9,20H,7-8,10H2,1-2H3,(H,19,21). The van der Waals surface area contributed by atoms with Crippen molar-refractivity contribution in [1.82, 2.24) is 10.3 Å². The lowest BCUT2D eigenvalue weighted by molar-refractivity contribution is -0.123. The fourth-order valence-corrected chi connectivity index (χ4v) is 1.87. The number of benzene rings is 1. The van der Waals surface area contributed by atoms with Crippen LogP contribution in [0.3, 0.4) is 0 Å². The van der Waals surface area contributed by atoms with Gasteiger partial charge in [-0.05, 0) is 38.1 Å². The average molecular weight is 306 g/mol. The zero-order valence-electron chi connectivity index (χ0n) is 12.6. The van der Waals surface area contributed by atoms with Crippen molar-refractivity contribution < 1.29 is 18.7 Å². The van der Waals surface area contributed by atoms with E-state index in [9.17, 15) is 9.18 Å². The minimum atomic E-state index is -0.646. The van der Waals surface area contributed by atoms with Gasteiger partial charge in [-0.25, -0.2) is 9.37 Å². The molecule has 6 heteroatoms. The number of carbonyl (C=O) groups is 1. The summed E-state index contributed by atoms with van der Waals surface area (Å²) in [6, 6.07) is 5.91. The number of halogens is 1. The molecule has 0 fully saturated rings. The van der Waals surface area contributed by atoms with Crippen LogP contribution in [-0.2, 0) is 11.2 Å². The van der Waals surface area contributed by atoms with Gasteiger partial charge in [0.15, 0.2) is 11.7 Å². The van der Waals surface area contributed by atoms with Gasteiger partial charge in [0, 0.05) is 18.4 Å². The summed E-state index contributed by atoms with van der Waals surface area (Å²) in [4.78, 5) is 15.9. The Bertz CT molecular complexity index is 635. The third-order valence-electron chi connectivity index (χ3n) is 3.12. The molecule has 2 N–H and O–H groups in total. The summed E-state index contributed by atoms with van der Waals surface area (Å²) in [6.07, 6.45) is 2.12. The Labute approximate surface area is 128 Å². The second kappa shape index (κ2) is 6.70. The zero-order chi connectivity index (χ0) is 16.2. The second-order valence-corrected chi connectivity index (χ2v) is 5.72. The molecule has 118 valence electrons. The molecule has 0 saturated heterocycles. The average Bonchev–Trinajstić information content (AvgIpc) is 2.94. The molecule has 0 unspecified atom stereocenters. The van der Waals surface area contributed by atoms with E-state index in [0.717, 1.165) is 5.56 Å². The first-order valence-corrected chi connectivity index (χ1v) is 7.02. The summed E-state index contributed by atoms with van der Waals surface area (Å²) in [7, 11) is 0. The van der Waals surface area contributed by atoms with Crippen LogP contribution in [0.25, 0.3) is 11.3 Å². The van der Waals surface area contributed by atoms with Gasteiger partial charge in [-0.15, -0.1) is 0 Å². The van der Waals surface area contributed by atoms with Gasteiger partial charge in [0.05, 0.1) is 18.3 Å². The molecule has 1 aromatic heterocycles. The fraction of sp³-hybridized carbons (Fsp3) is 0.375. The van der Waals surface area contributed by atoms with E-state index in [1.54, 1.807) is 32.2 Å². The molecule has 0 bridgehead atoms. The first kappa shape index (κ1) is 16.2. The number of hydrogen-bond acceptors (Lipinski definition) is 4. The van der Waals surface area contributed by atoms with E-state index in [1.807, 2.05) is 0 Å². The molecule has 22 heavy (non-hydrogen) atoms. The lowest BCUT2D eigenvalue weighted by atomic mass is 10.1. The number of amides is 1. The van der Waals surface area contributed by atoms with Gasteiger partial charge in [0.25, 0.3) is 0 Å². The molecule has 1 aromatic carbocycles. The minimum absolute atomic E-state index is 0.132. The highest BCUT2D eigenvalue weighted by Gasteiger charge is 2.19. The maximum absolute atomic E-state index is 12.9. The summed E-state index contributed by atoms with van der Waals surface area (Å²) in [5.74, 6) is 0.481. The van der Waals surface area contributed by atoms with E-state index in [2.05, 4.69) is 10.3 Å². The molecule has 2 aromatic rings. The number of hydrogen-bond donors (Lipinski definition) is 2. The SMILES string of the molecule is CC(C)(CO)NC(=O)CCc1ncc(-c2ccc(F)cc2)o1. The Hall–Kier alpha value is -2.21. The van der Waals surface area contributed by atoms with Crippen LogP contribution in [0.4, 0.5) is 4.39 Å². The van der Waals surface area contributed by atoms with E-state index in [0.29, 0.717) is 18.1 Å². The van der Waals surface area contributed by atoms with E-state index >= 15 is 0 Å². The van der Waals surface area contributed by atoms with E-state index in [4.69, 9.17) is 9.52 Å². The second-order valence-electron chi connectivity index (χ2n) is 5.72. The van der Waals surface area contributed by atoms with Crippen molar-refractivity contribution in [2.75, 3.05) is 6.61 Å². The molecule has 0 aliphatic carbocycles. The minimum Gasteiger partial charge on any atom is -0.441 e. The van der Waals surface area contributed by atoms with Crippen LogP contribution < -0.4 is 5.32 Å². The maximum atomic E-state index is 12.9. The Kier molecular flexibility index (Phi) is 4.92. The van der Waals surface area contributed by atoms with Crippen molar-refractivity contribution >= 4 is 5.91 Å². The lowest BCUT2D eigenvalue weighted by Gasteiger charge is -2.23. The van der Waals surface area contributed by atoms with Crippen molar-refractivity contribution in [3.05, 3.63) is 42.2 Å². The number of nitrogens with zero attached hydrogens (tertiary/aromatic N) is 1. The van der Waals surface area contributed by atoms with Gasteiger partial charge >= 0.3 is 0 Å². The molecule has 0 saturated carbocycles. The summed E-state index contributed by atoms with van der Waals surface area (Å²) in [6.45, 7) is 3.35.